The average molecular weight is 411 g/mol. The summed E-state index contributed by atoms with van der Waals surface area (Å²) in [5, 5.41) is 4.47. The van der Waals surface area contributed by atoms with E-state index in [9.17, 15) is 27.6 Å². The highest BCUT2D eigenvalue weighted by Gasteiger charge is 2.50. The maximum Gasteiger partial charge on any atom is 0.573 e. The fourth-order valence-electron chi connectivity index (χ4n) is 3.13. The number of hydrogen-bond acceptors (Lipinski definition) is 5. The number of hydrogen-bond donors (Lipinski definition) is 2. The number of imide groups is 1. The monoisotopic (exact) mass is 411 g/mol. The van der Waals surface area contributed by atoms with Crippen LogP contribution in [0.2, 0.25) is 0 Å². The second-order valence-corrected chi connectivity index (χ2v) is 6.35. The number of pyridine rings is 1. The zero-order valence-electron chi connectivity index (χ0n) is 15.3. The van der Waals surface area contributed by atoms with Gasteiger partial charge in [-0.2, -0.15) is 0 Å². The summed E-state index contributed by atoms with van der Waals surface area (Å²) in [4.78, 5) is 37.1. The molecular weight excluding hydrogens is 395 g/mol. The molecule has 29 heavy (non-hydrogen) atoms. The van der Waals surface area contributed by atoms with Gasteiger partial charge >= 0.3 is 12.4 Å². The van der Waals surface area contributed by atoms with Gasteiger partial charge in [0.05, 0.1) is 13.7 Å². The number of rotatable bonds is 5. The van der Waals surface area contributed by atoms with E-state index in [0.717, 1.165) is 12.1 Å². The molecular formula is C18H16F3N3O5. The Morgan fingerprint density at radius 3 is 2.48 bits per heavy atom. The van der Waals surface area contributed by atoms with Gasteiger partial charge in [0.25, 0.3) is 11.5 Å². The average Bonchev–Trinajstić information content (AvgIpc) is 2.91. The molecule has 1 fully saturated rings. The van der Waals surface area contributed by atoms with Gasteiger partial charge in [-0.1, -0.05) is 6.07 Å². The van der Waals surface area contributed by atoms with Crippen LogP contribution in [0.25, 0.3) is 0 Å². The fourth-order valence-corrected chi connectivity index (χ4v) is 3.13. The normalized spacial score (nSPS) is 18.9. The Labute approximate surface area is 162 Å². The molecule has 2 N–H and O–H groups in total. The topological polar surface area (TPSA) is 98.7 Å². The molecule has 2 heterocycles. The minimum atomic E-state index is -4.96. The molecule has 1 aromatic carbocycles. The van der Waals surface area contributed by atoms with Gasteiger partial charge < -0.3 is 19.4 Å². The smallest absolute Gasteiger partial charge is 0.496 e. The minimum Gasteiger partial charge on any atom is -0.496 e. The molecule has 3 rings (SSSR count). The second-order valence-electron chi connectivity index (χ2n) is 6.35. The highest BCUT2D eigenvalue weighted by molar-refractivity contribution is 6.07. The number of amides is 3. The summed E-state index contributed by atoms with van der Waals surface area (Å²) in [6.07, 6.45) is -3.56. The van der Waals surface area contributed by atoms with E-state index < -0.39 is 35.1 Å². The van der Waals surface area contributed by atoms with Crippen molar-refractivity contribution in [2.75, 3.05) is 7.11 Å². The van der Waals surface area contributed by atoms with Crippen LogP contribution in [-0.4, -0.2) is 30.0 Å². The third-order valence-corrected chi connectivity index (χ3v) is 4.42. The standard InChI is InChI=1S/C18H16F3N3O5/c1-10-4-3-7-24(14(10)25)9-17(15(26)22-16(27)23-17)12-8-11(29-18(19,20)21)5-6-13(12)28-2/h3-8H,9H2,1-2H3,(H2,22,23,26,27). The number of ether oxygens (including phenoxy) is 2. The predicted molar refractivity (Wildman–Crippen MR) is 93.5 cm³/mol. The van der Waals surface area contributed by atoms with Gasteiger partial charge in [-0.3, -0.25) is 14.9 Å². The molecule has 0 spiro atoms. The van der Waals surface area contributed by atoms with E-state index in [0.29, 0.717) is 5.56 Å². The summed E-state index contributed by atoms with van der Waals surface area (Å²) < 4.78 is 48.3. The Morgan fingerprint density at radius 1 is 1.17 bits per heavy atom. The first kappa shape index (κ1) is 20.2. The Kier molecular flexibility index (Phi) is 4.99. The van der Waals surface area contributed by atoms with E-state index in [1.54, 1.807) is 19.1 Å². The number of carbonyl (C=O) groups excluding carboxylic acids is 2. The molecule has 1 aliphatic rings. The van der Waals surface area contributed by atoms with Gasteiger partial charge in [0, 0.05) is 17.3 Å². The van der Waals surface area contributed by atoms with Crippen molar-refractivity contribution in [1.29, 1.82) is 0 Å². The Bertz CT molecular complexity index is 1030. The van der Waals surface area contributed by atoms with Crippen LogP contribution in [0.15, 0.2) is 41.3 Å². The molecule has 1 unspecified atom stereocenters. The van der Waals surface area contributed by atoms with E-state index in [2.05, 4.69) is 15.4 Å². The molecule has 1 aromatic heterocycles. The molecule has 8 nitrogen and oxygen atoms in total. The van der Waals surface area contributed by atoms with Crippen molar-refractivity contribution in [3.8, 4) is 11.5 Å². The lowest BCUT2D eigenvalue weighted by molar-refractivity contribution is -0.274. The highest BCUT2D eigenvalue weighted by Crippen LogP contribution is 2.37. The summed E-state index contributed by atoms with van der Waals surface area (Å²) in [6.45, 7) is 1.19. The molecule has 11 heteroatoms. The van der Waals surface area contributed by atoms with Gasteiger partial charge in [0.2, 0.25) is 0 Å². The van der Waals surface area contributed by atoms with Crippen molar-refractivity contribution >= 4 is 11.9 Å². The van der Waals surface area contributed by atoms with E-state index in [1.165, 1.54) is 23.9 Å². The van der Waals surface area contributed by atoms with Crippen LogP contribution in [0.5, 0.6) is 11.5 Å². The third kappa shape index (κ3) is 3.89. The van der Waals surface area contributed by atoms with Gasteiger partial charge in [-0.05, 0) is 31.2 Å². The minimum absolute atomic E-state index is 0.0255. The van der Waals surface area contributed by atoms with E-state index in [-0.39, 0.29) is 17.9 Å². The first-order valence-corrected chi connectivity index (χ1v) is 8.29. The summed E-state index contributed by atoms with van der Waals surface area (Å²) in [5.74, 6) is -1.44. The number of aromatic nitrogens is 1. The first-order valence-electron chi connectivity index (χ1n) is 8.29. The van der Waals surface area contributed by atoms with Crippen molar-refractivity contribution < 1.29 is 32.2 Å². The molecule has 2 aromatic rings. The number of aryl methyl sites for hydroxylation is 1. The lowest BCUT2D eigenvalue weighted by Gasteiger charge is -2.29. The van der Waals surface area contributed by atoms with Crippen LogP contribution >= 0.6 is 0 Å². The van der Waals surface area contributed by atoms with Crippen LogP contribution in [0.3, 0.4) is 0 Å². The lowest BCUT2D eigenvalue weighted by atomic mass is 9.88. The Hall–Kier alpha value is -3.50. The Morgan fingerprint density at radius 2 is 1.90 bits per heavy atom. The number of nitrogens with zero attached hydrogens (tertiary/aromatic N) is 1. The van der Waals surface area contributed by atoms with Crippen LogP contribution in [0.4, 0.5) is 18.0 Å². The lowest BCUT2D eigenvalue weighted by Crippen LogP contribution is -2.49. The zero-order chi connectivity index (χ0) is 21.4. The molecule has 0 bridgehead atoms. The molecule has 0 saturated carbocycles. The molecule has 1 aliphatic heterocycles. The Balaban J connectivity index is 2.19. The SMILES string of the molecule is COc1ccc(OC(F)(F)F)cc1C1(Cn2cccc(C)c2=O)NC(=O)NC1=O. The van der Waals surface area contributed by atoms with Crippen LogP contribution in [0.1, 0.15) is 11.1 Å². The van der Waals surface area contributed by atoms with Crippen molar-refractivity contribution in [3.05, 3.63) is 58.0 Å². The van der Waals surface area contributed by atoms with Crippen molar-refractivity contribution in [1.82, 2.24) is 15.2 Å². The summed E-state index contributed by atoms with van der Waals surface area (Å²) in [5.41, 5.74) is -2.04. The number of urea groups is 1. The predicted octanol–water partition coefficient (Wildman–Crippen LogP) is 1.80. The van der Waals surface area contributed by atoms with E-state index in [4.69, 9.17) is 4.74 Å². The van der Waals surface area contributed by atoms with Gasteiger partial charge in [0.15, 0.2) is 5.54 Å². The number of halogens is 3. The second kappa shape index (κ2) is 7.15. The number of alkyl halides is 3. The maximum atomic E-state index is 12.7. The van der Waals surface area contributed by atoms with Crippen LogP contribution in [-0.2, 0) is 16.9 Å². The van der Waals surface area contributed by atoms with Gasteiger partial charge in [-0.15, -0.1) is 13.2 Å². The van der Waals surface area contributed by atoms with Crippen LogP contribution < -0.4 is 25.7 Å². The number of benzene rings is 1. The van der Waals surface area contributed by atoms with E-state index >= 15 is 0 Å². The molecule has 0 radical (unpaired) electrons. The largest absolute Gasteiger partial charge is 0.573 e. The maximum absolute atomic E-state index is 12.7. The zero-order valence-corrected chi connectivity index (χ0v) is 15.3. The number of carbonyl (C=O) groups is 2. The quantitative estimate of drug-likeness (QED) is 0.732. The fraction of sp³-hybridized carbons (Fsp3) is 0.278. The van der Waals surface area contributed by atoms with Gasteiger partial charge in [0.1, 0.15) is 11.5 Å². The van der Waals surface area contributed by atoms with Crippen molar-refractivity contribution in [3.63, 3.8) is 0 Å². The first-order chi connectivity index (χ1) is 13.6. The molecule has 0 aliphatic carbocycles. The highest BCUT2D eigenvalue weighted by atomic mass is 19.4. The molecule has 1 saturated heterocycles. The van der Waals surface area contributed by atoms with Gasteiger partial charge in [-0.25, -0.2) is 4.79 Å². The molecule has 154 valence electrons. The molecule has 1 atom stereocenters. The summed E-state index contributed by atoms with van der Waals surface area (Å²) >= 11 is 0. The number of nitrogens with one attached hydrogen (secondary N) is 2. The van der Waals surface area contributed by atoms with E-state index in [1.807, 2.05) is 0 Å². The summed E-state index contributed by atoms with van der Waals surface area (Å²) in [7, 11) is 1.25. The van der Waals surface area contributed by atoms with Crippen molar-refractivity contribution in [2.24, 2.45) is 0 Å². The third-order valence-electron chi connectivity index (χ3n) is 4.42. The van der Waals surface area contributed by atoms with Crippen LogP contribution in [0, 0.1) is 6.92 Å². The number of methoxy groups -OCH3 is 1. The molecule has 3 amide bonds. The van der Waals surface area contributed by atoms with Crippen molar-refractivity contribution in [2.45, 2.75) is 25.4 Å². The summed E-state index contributed by atoms with van der Waals surface area (Å²) in [6, 6.07) is 5.40.